The summed E-state index contributed by atoms with van der Waals surface area (Å²) in [6.07, 6.45) is 0. The Hall–Kier alpha value is -2.30. The summed E-state index contributed by atoms with van der Waals surface area (Å²) in [7, 11) is 1.48. The number of halogens is 3. The molecule has 2 rings (SSSR count). The zero-order valence-electron chi connectivity index (χ0n) is 11.7. The van der Waals surface area contributed by atoms with E-state index in [0.717, 1.165) is 18.2 Å². The molecule has 0 radical (unpaired) electrons. The minimum atomic E-state index is -0.718. The molecule has 0 aromatic heterocycles. The molecule has 2 aromatic rings. The normalized spacial score (nSPS) is 10.5. The van der Waals surface area contributed by atoms with Crippen LogP contribution in [0.15, 0.2) is 36.4 Å². The smallest absolute Gasteiger partial charge is 0.254 e. The number of amides is 1. The van der Waals surface area contributed by atoms with Gasteiger partial charge in [0.2, 0.25) is 0 Å². The van der Waals surface area contributed by atoms with E-state index in [1.165, 1.54) is 30.1 Å². The van der Waals surface area contributed by atoms with Gasteiger partial charge in [0, 0.05) is 30.8 Å². The zero-order chi connectivity index (χ0) is 15.6. The number of carbonyl (C=O) groups excluding carboxylic acids is 1. The fourth-order valence-electron chi connectivity index (χ4n) is 1.92. The highest BCUT2D eigenvalue weighted by atomic mass is 19.1. The summed E-state index contributed by atoms with van der Waals surface area (Å²) < 4.78 is 39.9. The maximum absolute atomic E-state index is 13.6. The summed E-state index contributed by atoms with van der Waals surface area (Å²) in [4.78, 5) is 13.4. The third kappa shape index (κ3) is 3.42. The maximum atomic E-state index is 13.6. The van der Waals surface area contributed by atoms with Gasteiger partial charge in [-0.1, -0.05) is 12.1 Å². The average Bonchev–Trinajstić information content (AvgIpc) is 2.44. The number of carbonyl (C=O) groups is 1. The second-order valence-corrected chi connectivity index (χ2v) is 4.86. The van der Waals surface area contributed by atoms with Crippen LogP contribution in [0.1, 0.15) is 21.5 Å². The van der Waals surface area contributed by atoms with Crippen molar-refractivity contribution in [3.8, 4) is 0 Å². The Morgan fingerprint density at radius 3 is 2.38 bits per heavy atom. The average molecular weight is 293 g/mol. The highest BCUT2D eigenvalue weighted by Gasteiger charge is 2.15. The molecule has 1 amide bonds. The van der Waals surface area contributed by atoms with Gasteiger partial charge in [0.25, 0.3) is 5.91 Å². The van der Waals surface area contributed by atoms with Gasteiger partial charge in [-0.05, 0) is 30.7 Å². The summed E-state index contributed by atoms with van der Waals surface area (Å²) in [6.45, 7) is 1.57. The van der Waals surface area contributed by atoms with Crippen molar-refractivity contribution in [1.29, 1.82) is 0 Å². The Kier molecular flexibility index (Phi) is 4.31. The van der Waals surface area contributed by atoms with Crippen molar-refractivity contribution >= 4 is 5.91 Å². The number of hydrogen-bond donors (Lipinski definition) is 0. The van der Waals surface area contributed by atoms with Crippen molar-refractivity contribution < 1.29 is 18.0 Å². The molecule has 0 aliphatic rings. The minimum Gasteiger partial charge on any atom is -0.337 e. The SMILES string of the molecule is Cc1ccc(C(=O)N(C)Cc2ccc(F)cc2F)cc1F. The molecular weight excluding hydrogens is 279 g/mol. The molecule has 0 bridgehead atoms. The first kappa shape index (κ1) is 15.1. The van der Waals surface area contributed by atoms with Gasteiger partial charge in [0.1, 0.15) is 17.5 Å². The molecule has 21 heavy (non-hydrogen) atoms. The predicted molar refractivity (Wildman–Crippen MR) is 73.3 cm³/mol. The van der Waals surface area contributed by atoms with Gasteiger partial charge in [-0.3, -0.25) is 4.79 Å². The van der Waals surface area contributed by atoms with Crippen molar-refractivity contribution in [3.05, 3.63) is 70.5 Å². The van der Waals surface area contributed by atoms with Crippen LogP contribution in [0, 0.1) is 24.4 Å². The highest BCUT2D eigenvalue weighted by Crippen LogP contribution is 2.15. The van der Waals surface area contributed by atoms with E-state index in [2.05, 4.69) is 0 Å². The molecule has 0 aliphatic heterocycles. The lowest BCUT2D eigenvalue weighted by Gasteiger charge is -2.18. The molecular formula is C16H14F3NO. The third-order valence-electron chi connectivity index (χ3n) is 3.19. The lowest BCUT2D eigenvalue weighted by atomic mass is 10.1. The van der Waals surface area contributed by atoms with Crippen molar-refractivity contribution in [2.75, 3.05) is 7.05 Å². The molecule has 0 spiro atoms. The van der Waals surface area contributed by atoms with Gasteiger partial charge in [0.05, 0.1) is 0 Å². The van der Waals surface area contributed by atoms with E-state index in [9.17, 15) is 18.0 Å². The second-order valence-electron chi connectivity index (χ2n) is 4.86. The van der Waals surface area contributed by atoms with E-state index in [1.54, 1.807) is 6.92 Å². The summed E-state index contributed by atoms with van der Waals surface area (Å²) in [5.74, 6) is -2.30. The van der Waals surface area contributed by atoms with Gasteiger partial charge >= 0.3 is 0 Å². The molecule has 0 aliphatic carbocycles. The summed E-state index contributed by atoms with van der Waals surface area (Å²) in [5, 5.41) is 0. The van der Waals surface area contributed by atoms with Gasteiger partial charge < -0.3 is 4.90 Å². The molecule has 2 aromatic carbocycles. The molecule has 0 fully saturated rings. The molecule has 0 saturated heterocycles. The van der Waals surface area contributed by atoms with Gasteiger partial charge in [-0.25, -0.2) is 13.2 Å². The Balaban J connectivity index is 2.17. The maximum Gasteiger partial charge on any atom is 0.254 e. The Labute approximate surface area is 120 Å². The van der Waals surface area contributed by atoms with Crippen molar-refractivity contribution in [3.63, 3.8) is 0 Å². The standard InChI is InChI=1S/C16H14F3NO/c1-10-3-4-11(7-14(10)18)16(21)20(2)9-12-5-6-13(17)8-15(12)19/h3-8H,9H2,1-2H3. The number of nitrogens with zero attached hydrogens (tertiary/aromatic N) is 1. The van der Waals surface area contributed by atoms with Gasteiger partial charge in [-0.2, -0.15) is 0 Å². The van der Waals surface area contributed by atoms with Gasteiger partial charge in [-0.15, -0.1) is 0 Å². The van der Waals surface area contributed by atoms with Crippen LogP contribution in [0.2, 0.25) is 0 Å². The van der Waals surface area contributed by atoms with E-state index in [4.69, 9.17) is 0 Å². The van der Waals surface area contributed by atoms with Crippen LogP contribution in [0.4, 0.5) is 13.2 Å². The second kappa shape index (κ2) is 5.99. The Morgan fingerprint density at radius 2 is 1.76 bits per heavy atom. The van der Waals surface area contributed by atoms with Crippen LogP contribution < -0.4 is 0 Å². The minimum absolute atomic E-state index is 0.0273. The first-order valence-electron chi connectivity index (χ1n) is 6.34. The van der Waals surface area contributed by atoms with Crippen LogP contribution in [0.5, 0.6) is 0 Å². The molecule has 0 N–H and O–H groups in total. The lowest BCUT2D eigenvalue weighted by molar-refractivity contribution is 0.0783. The number of hydrogen-bond acceptors (Lipinski definition) is 1. The lowest BCUT2D eigenvalue weighted by Crippen LogP contribution is -2.26. The van der Waals surface area contributed by atoms with Crippen molar-refractivity contribution in [2.45, 2.75) is 13.5 Å². The van der Waals surface area contributed by atoms with Crippen LogP contribution in [0.25, 0.3) is 0 Å². The van der Waals surface area contributed by atoms with E-state index in [-0.39, 0.29) is 17.7 Å². The molecule has 2 nitrogen and oxygen atoms in total. The van der Waals surface area contributed by atoms with Crippen LogP contribution in [0.3, 0.4) is 0 Å². The quantitative estimate of drug-likeness (QED) is 0.845. The molecule has 110 valence electrons. The Bertz CT molecular complexity index is 685. The van der Waals surface area contributed by atoms with Crippen molar-refractivity contribution in [1.82, 2.24) is 4.90 Å². The Morgan fingerprint density at radius 1 is 1.05 bits per heavy atom. The fourth-order valence-corrected chi connectivity index (χ4v) is 1.92. The van der Waals surface area contributed by atoms with E-state index >= 15 is 0 Å². The molecule has 0 saturated carbocycles. The summed E-state index contributed by atoms with van der Waals surface area (Å²) in [6, 6.07) is 7.34. The largest absolute Gasteiger partial charge is 0.337 e. The van der Waals surface area contributed by atoms with E-state index in [1.807, 2.05) is 0 Å². The van der Waals surface area contributed by atoms with E-state index < -0.39 is 23.4 Å². The molecule has 5 heteroatoms. The first-order chi connectivity index (χ1) is 9.88. The summed E-state index contributed by atoms with van der Waals surface area (Å²) >= 11 is 0. The first-order valence-corrected chi connectivity index (χ1v) is 6.34. The predicted octanol–water partition coefficient (Wildman–Crippen LogP) is 3.68. The molecule has 0 unspecified atom stereocenters. The monoisotopic (exact) mass is 293 g/mol. The topological polar surface area (TPSA) is 20.3 Å². The summed E-state index contributed by atoms with van der Waals surface area (Å²) in [5.41, 5.74) is 0.821. The number of rotatable bonds is 3. The molecule has 0 heterocycles. The third-order valence-corrected chi connectivity index (χ3v) is 3.19. The molecule has 0 atom stereocenters. The van der Waals surface area contributed by atoms with Crippen LogP contribution >= 0.6 is 0 Å². The zero-order valence-corrected chi connectivity index (χ0v) is 11.7. The van der Waals surface area contributed by atoms with Crippen molar-refractivity contribution in [2.24, 2.45) is 0 Å². The number of aryl methyl sites for hydroxylation is 1. The van der Waals surface area contributed by atoms with E-state index in [0.29, 0.717) is 5.56 Å². The van der Waals surface area contributed by atoms with Gasteiger partial charge in [0.15, 0.2) is 0 Å². The fraction of sp³-hybridized carbons (Fsp3) is 0.188. The highest BCUT2D eigenvalue weighted by molar-refractivity contribution is 5.94. The van der Waals surface area contributed by atoms with Crippen LogP contribution in [-0.2, 0) is 6.54 Å². The van der Waals surface area contributed by atoms with Crippen LogP contribution in [-0.4, -0.2) is 17.9 Å². The number of benzene rings is 2.